The smallest absolute Gasteiger partial charge is 0.313 e. The van der Waals surface area contributed by atoms with E-state index in [2.05, 4.69) is 0 Å². The van der Waals surface area contributed by atoms with Gasteiger partial charge in [-0.2, -0.15) is 0 Å². The van der Waals surface area contributed by atoms with Crippen LogP contribution in [0.15, 0.2) is 30.3 Å². The maximum Gasteiger partial charge on any atom is 0.313 e. The van der Waals surface area contributed by atoms with Crippen molar-refractivity contribution in [3.8, 4) is 0 Å². The summed E-state index contributed by atoms with van der Waals surface area (Å²) in [6.45, 7) is 1.71. The van der Waals surface area contributed by atoms with Gasteiger partial charge in [0, 0.05) is 5.92 Å². The number of carbonyl (C=O) groups excluding carboxylic acids is 2. The summed E-state index contributed by atoms with van der Waals surface area (Å²) in [4.78, 5) is 22.3. The van der Waals surface area contributed by atoms with Crippen molar-refractivity contribution in [2.75, 3.05) is 7.11 Å². The molecule has 0 heterocycles. The molecule has 0 aliphatic rings. The fourth-order valence-electron chi connectivity index (χ4n) is 1.52. The Labute approximate surface area is 89.1 Å². The van der Waals surface area contributed by atoms with Gasteiger partial charge in [-0.15, -0.1) is 0 Å². The standard InChI is InChI=1S/C12H14O3/c1-9(8-13)11(12(14)15-2)10-6-4-3-5-7-10/h3-9,11H,1-2H3. The van der Waals surface area contributed by atoms with Gasteiger partial charge >= 0.3 is 5.97 Å². The Balaban J connectivity index is 3.01. The Morgan fingerprint density at radius 1 is 1.33 bits per heavy atom. The van der Waals surface area contributed by atoms with Crippen molar-refractivity contribution in [3.05, 3.63) is 35.9 Å². The van der Waals surface area contributed by atoms with E-state index in [0.717, 1.165) is 11.8 Å². The zero-order chi connectivity index (χ0) is 11.3. The average Bonchev–Trinajstić information content (AvgIpc) is 2.30. The Kier molecular flexibility index (Phi) is 4.03. The third-order valence-corrected chi connectivity index (χ3v) is 2.35. The van der Waals surface area contributed by atoms with Gasteiger partial charge in [-0.25, -0.2) is 0 Å². The highest BCUT2D eigenvalue weighted by Crippen LogP contribution is 2.24. The van der Waals surface area contributed by atoms with E-state index in [1.54, 1.807) is 6.92 Å². The van der Waals surface area contributed by atoms with Gasteiger partial charge in [-0.3, -0.25) is 4.79 Å². The number of carbonyl (C=O) groups is 2. The number of ether oxygens (including phenoxy) is 1. The summed E-state index contributed by atoms with van der Waals surface area (Å²) in [5.74, 6) is -1.26. The number of hydrogen-bond acceptors (Lipinski definition) is 3. The Bertz CT molecular complexity index is 332. The molecule has 0 radical (unpaired) electrons. The van der Waals surface area contributed by atoms with Gasteiger partial charge in [-0.05, 0) is 5.56 Å². The molecule has 0 bridgehead atoms. The van der Waals surface area contributed by atoms with Crippen molar-refractivity contribution >= 4 is 12.3 Å². The number of esters is 1. The van der Waals surface area contributed by atoms with Gasteiger partial charge in [0.05, 0.1) is 13.0 Å². The van der Waals surface area contributed by atoms with E-state index in [9.17, 15) is 9.59 Å². The normalized spacial score (nSPS) is 14.0. The molecule has 0 spiro atoms. The third kappa shape index (κ3) is 2.65. The molecule has 0 amide bonds. The molecule has 0 saturated carbocycles. The van der Waals surface area contributed by atoms with Gasteiger partial charge in [0.2, 0.25) is 0 Å². The van der Waals surface area contributed by atoms with E-state index in [0.29, 0.717) is 0 Å². The second-order valence-corrected chi connectivity index (χ2v) is 3.41. The molecule has 2 unspecified atom stereocenters. The first-order valence-electron chi connectivity index (χ1n) is 4.78. The molecule has 1 rings (SSSR count). The second kappa shape index (κ2) is 5.29. The highest BCUT2D eigenvalue weighted by atomic mass is 16.5. The zero-order valence-electron chi connectivity index (χ0n) is 8.84. The van der Waals surface area contributed by atoms with Crippen molar-refractivity contribution in [2.24, 2.45) is 5.92 Å². The SMILES string of the molecule is COC(=O)C(c1ccccc1)C(C)C=O. The monoisotopic (exact) mass is 206 g/mol. The van der Waals surface area contributed by atoms with Crippen molar-refractivity contribution in [2.45, 2.75) is 12.8 Å². The highest BCUT2D eigenvalue weighted by molar-refractivity contribution is 5.82. The Morgan fingerprint density at radius 2 is 1.93 bits per heavy atom. The third-order valence-electron chi connectivity index (χ3n) is 2.35. The molecule has 1 aromatic rings. The molecule has 0 aromatic heterocycles. The van der Waals surface area contributed by atoms with Crippen LogP contribution in [0.2, 0.25) is 0 Å². The van der Waals surface area contributed by atoms with Gasteiger partial charge < -0.3 is 9.53 Å². The lowest BCUT2D eigenvalue weighted by Gasteiger charge is -2.17. The summed E-state index contributed by atoms with van der Waals surface area (Å²) in [6, 6.07) is 9.18. The number of hydrogen-bond donors (Lipinski definition) is 0. The van der Waals surface area contributed by atoms with Crippen LogP contribution < -0.4 is 0 Å². The molecule has 3 heteroatoms. The van der Waals surface area contributed by atoms with Gasteiger partial charge in [0.15, 0.2) is 0 Å². The Hall–Kier alpha value is -1.64. The minimum atomic E-state index is -0.506. The molecular weight excluding hydrogens is 192 g/mol. The molecule has 0 saturated heterocycles. The van der Waals surface area contributed by atoms with Crippen molar-refractivity contribution < 1.29 is 14.3 Å². The zero-order valence-corrected chi connectivity index (χ0v) is 8.84. The van der Waals surface area contributed by atoms with Crippen LogP contribution in [0.5, 0.6) is 0 Å². The largest absolute Gasteiger partial charge is 0.469 e. The number of methoxy groups -OCH3 is 1. The van der Waals surface area contributed by atoms with Crippen LogP contribution in [0, 0.1) is 5.92 Å². The number of aldehydes is 1. The molecule has 0 N–H and O–H groups in total. The van der Waals surface area contributed by atoms with Crippen LogP contribution in [0.25, 0.3) is 0 Å². The Morgan fingerprint density at radius 3 is 2.40 bits per heavy atom. The van der Waals surface area contributed by atoms with Gasteiger partial charge in [-0.1, -0.05) is 37.3 Å². The first-order chi connectivity index (χ1) is 7.20. The lowest BCUT2D eigenvalue weighted by atomic mass is 9.88. The van der Waals surface area contributed by atoms with E-state index in [1.807, 2.05) is 30.3 Å². The lowest BCUT2D eigenvalue weighted by Crippen LogP contribution is -2.22. The predicted octanol–water partition coefficient (Wildman–Crippen LogP) is 1.78. The van der Waals surface area contributed by atoms with Crippen LogP contribution in [0.3, 0.4) is 0 Å². The van der Waals surface area contributed by atoms with E-state index in [4.69, 9.17) is 4.74 Å². The van der Waals surface area contributed by atoms with Crippen LogP contribution >= 0.6 is 0 Å². The molecular formula is C12H14O3. The molecule has 0 aliphatic heterocycles. The fourth-order valence-corrected chi connectivity index (χ4v) is 1.52. The molecule has 3 nitrogen and oxygen atoms in total. The molecule has 1 aromatic carbocycles. The predicted molar refractivity (Wildman–Crippen MR) is 56.4 cm³/mol. The second-order valence-electron chi connectivity index (χ2n) is 3.41. The summed E-state index contributed by atoms with van der Waals surface area (Å²) in [7, 11) is 1.33. The minimum Gasteiger partial charge on any atom is -0.469 e. The highest BCUT2D eigenvalue weighted by Gasteiger charge is 2.27. The maximum absolute atomic E-state index is 11.5. The molecule has 2 atom stereocenters. The topological polar surface area (TPSA) is 43.4 Å². The molecule has 80 valence electrons. The lowest BCUT2D eigenvalue weighted by molar-refractivity contribution is -0.144. The van der Waals surface area contributed by atoms with Crippen LogP contribution in [-0.2, 0) is 14.3 Å². The summed E-state index contributed by atoms with van der Waals surface area (Å²) in [5.41, 5.74) is 0.809. The van der Waals surface area contributed by atoms with Crippen LogP contribution in [-0.4, -0.2) is 19.4 Å². The number of rotatable bonds is 4. The molecule has 0 fully saturated rings. The summed E-state index contributed by atoms with van der Waals surface area (Å²) in [5, 5.41) is 0. The van der Waals surface area contributed by atoms with Gasteiger partial charge in [0.25, 0.3) is 0 Å². The van der Waals surface area contributed by atoms with Crippen LogP contribution in [0.4, 0.5) is 0 Å². The fraction of sp³-hybridized carbons (Fsp3) is 0.333. The first-order valence-corrected chi connectivity index (χ1v) is 4.78. The van der Waals surface area contributed by atoms with Crippen LogP contribution in [0.1, 0.15) is 18.4 Å². The van der Waals surface area contributed by atoms with Gasteiger partial charge in [0.1, 0.15) is 6.29 Å². The van der Waals surface area contributed by atoms with Crippen molar-refractivity contribution in [1.82, 2.24) is 0 Å². The van der Waals surface area contributed by atoms with E-state index >= 15 is 0 Å². The summed E-state index contributed by atoms with van der Waals surface area (Å²) < 4.78 is 4.69. The van der Waals surface area contributed by atoms with Crippen molar-refractivity contribution in [1.29, 1.82) is 0 Å². The average molecular weight is 206 g/mol. The van der Waals surface area contributed by atoms with E-state index in [-0.39, 0.29) is 11.9 Å². The quantitative estimate of drug-likeness (QED) is 0.557. The number of benzene rings is 1. The summed E-state index contributed by atoms with van der Waals surface area (Å²) >= 11 is 0. The van der Waals surface area contributed by atoms with E-state index in [1.165, 1.54) is 7.11 Å². The maximum atomic E-state index is 11.5. The van der Waals surface area contributed by atoms with E-state index < -0.39 is 5.92 Å². The molecule has 0 aliphatic carbocycles. The van der Waals surface area contributed by atoms with Crippen molar-refractivity contribution in [3.63, 3.8) is 0 Å². The first kappa shape index (κ1) is 11.4. The molecule has 15 heavy (non-hydrogen) atoms. The summed E-state index contributed by atoms with van der Waals surface area (Å²) in [6.07, 6.45) is 0.772. The minimum absolute atomic E-state index is 0.374.